The zero-order chi connectivity index (χ0) is 76.1. The van der Waals surface area contributed by atoms with Gasteiger partial charge in [-0.05, 0) is 74.6 Å². The lowest BCUT2D eigenvalue weighted by molar-refractivity contribution is -0.138. The summed E-state index contributed by atoms with van der Waals surface area (Å²) in [6.45, 7) is 0.862. The number of fused-ring (bicyclic) bond motifs is 1. The first kappa shape index (κ1) is 85.0. The number of halogens is 1. The van der Waals surface area contributed by atoms with E-state index >= 15 is 9.59 Å². The first-order valence-corrected chi connectivity index (χ1v) is 34.9. The minimum Gasteiger partial charge on any atom is -0.480 e. The van der Waals surface area contributed by atoms with E-state index in [4.69, 9.17) is 50.3 Å². The normalized spacial score (nSPS) is 14.1. The zero-order valence-electron chi connectivity index (χ0n) is 56.6. The average Bonchev–Trinajstić information content (AvgIpc) is 1.70. The molecule has 0 saturated carbocycles. The third kappa shape index (κ3) is 31.6. The summed E-state index contributed by atoms with van der Waals surface area (Å²) in [6.07, 6.45) is 1.29. The number of guanidine groups is 4. The van der Waals surface area contributed by atoms with Gasteiger partial charge >= 0.3 is 5.97 Å². The molecule has 103 heavy (non-hydrogen) atoms. The second-order valence-corrected chi connectivity index (χ2v) is 25.8. The van der Waals surface area contributed by atoms with Crippen LogP contribution >= 0.6 is 41.2 Å². The standard InChI is InChI=1S/C64H95BrN24O12S2/c1-34(81-59(100)48(32-102)88-52(93)40(66)18-10-22-75-61(67)68)51(92)82-42(20-11-23-76-62(69)70)54(95)85-45(26-36-15-6-3-7-16-36)56(97)87-47(28-38(65)30-80-64(73)74)58(99)86-46(27-37-29-78-41-19-9-8-17-39(37)41)57(98)89-49(33-103)60(101)83-43(21-12-24-77-63(71)72)55(96)84-44(53(94)79-31-50(90)91)25-35-13-4-2-5-14-35/h2-9,13-17,19,29,34,38,40,42-49,78,102-103H,10-12,18,20-28,30-33,66H2,1H3,(H,79,94)(H,81,100)(H,82,92)(H,83,101)(H,84,96)(H,85,95)(H,86,99)(H,87,97)(H,88,93)(H,89,98)(H,90,91)(H4,67,68,75)(H4,69,70,76)(H4,71,72,77)(H4,73,74,80)/t34-,38?,40+,42+,43+,44+,45-,46-,47+,48+,49+/m1/s1. The number of carboxylic acids is 1. The molecule has 36 nitrogen and oxygen atoms in total. The minimum absolute atomic E-state index is 0.0541. The van der Waals surface area contributed by atoms with Crippen molar-refractivity contribution in [1.29, 1.82) is 21.6 Å². The number of carbonyl (C=O) groups is 11. The number of rotatable bonds is 45. The van der Waals surface area contributed by atoms with Crippen LogP contribution in [0.4, 0.5) is 0 Å². The van der Waals surface area contributed by atoms with Gasteiger partial charge < -0.3 is 113 Å². The lowest BCUT2D eigenvalue weighted by atomic mass is 10.0. The van der Waals surface area contributed by atoms with Crippen molar-refractivity contribution in [3.8, 4) is 0 Å². The van der Waals surface area contributed by atoms with Crippen molar-refractivity contribution in [3.63, 3.8) is 0 Å². The molecule has 0 aliphatic rings. The molecule has 0 bridgehead atoms. The highest BCUT2D eigenvalue weighted by Crippen LogP contribution is 2.20. The molecule has 10 amide bonds. The van der Waals surface area contributed by atoms with Gasteiger partial charge in [0.1, 0.15) is 60.9 Å². The molecule has 0 saturated heterocycles. The van der Waals surface area contributed by atoms with Crippen LogP contribution in [-0.2, 0) is 72.0 Å². The molecule has 30 N–H and O–H groups in total. The van der Waals surface area contributed by atoms with Gasteiger partial charge in [0.05, 0.1) is 6.04 Å². The summed E-state index contributed by atoms with van der Waals surface area (Å²) < 4.78 is 0. The van der Waals surface area contributed by atoms with Gasteiger partial charge in [-0.1, -0.05) is 94.8 Å². The van der Waals surface area contributed by atoms with E-state index in [9.17, 15) is 48.3 Å². The van der Waals surface area contributed by atoms with Crippen LogP contribution in [0.15, 0.2) is 91.1 Å². The Kier molecular flexibility index (Phi) is 36.9. The number of carboxylic acid groups (broad SMARTS) is 1. The van der Waals surface area contributed by atoms with Gasteiger partial charge in [-0.25, -0.2) is 0 Å². The number of alkyl halides is 1. The van der Waals surface area contributed by atoms with Crippen LogP contribution < -0.4 is 103 Å². The van der Waals surface area contributed by atoms with Gasteiger partial charge in [-0.2, -0.15) is 25.3 Å². The molecule has 1 unspecified atom stereocenters. The molecule has 11 atom stereocenters. The van der Waals surface area contributed by atoms with E-state index in [2.05, 4.69) is 121 Å². The van der Waals surface area contributed by atoms with Crippen molar-refractivity contribution < 1.29 is 57.8 Å². The highest BCUT2D eigenvalue weighted by atomic mass is 79.9. The van der Waals surface area contributed by atoms with Crippen LogP contribution in [0, 0.1) is 21.6 Å². The van der Waals surface area contributed by atoms with E-state index in [-0.39, 0.29) is 108 Å². The van der Waals surface area contributed by atoms with Crippen LogP contribution in [0.25, 0.3) is 10.9 Å². The number of carbonyl (C=O) groups excluding carboxylic acids is 10. The third-order valence-corrected chi connectivity index (χ3v) is 17.0. The molecule has 0 aliphatic heterocycles. The molecular formula is C64H95BrN24O12S2. The predicted octanol–water partition coefficient (Wildman–Crippen LogP) is -4.61. The number of H-pyrrole nitrogens is 1. The summed E-state index contributed by atoms with van der Waals surface area (Å²) in [5.74, 6) is -12.2. The fraction of sp³-hybridized carbons (Fsp3) is 0.453. The summed E-state index contributed by atoms with van der Waals surface area (Å²) in [5.41, 5.74) is 30.3. The zero-order valence-corrected chi connectivity index (χ0v) is 60.0. The topological polar surface area (TPSA) is 618 Å². The summed E-state index contributed by atoms with van der Waals surface area (Å²) in [4.78, 5) is 156. The van der Waals surface area contributed by atoms with Crippen molar-refractivity contribution >= 4 is 141 Å². The number of aromatic amines is 1. The van der Waals surface area contributed by atoms with Gasteiger partial charge in [-0.3, -0.25) is 74.4 Å². The molecule has 4 rings (SSSR count). The second-order valence-electron chi connectivity index (χ2n) is 23.8. The summed E-state index contributed by atoms with van der Waals surface area (Å²) in [7, 11) is 0. The van der Waals surface area contributed by atoms with Crippen LogP contribution in [0.1, 0.15) is 68.6 Å². The average molecular weight is 1540 g/mol. The van der Waals surface area contributed by atoms with E-state index in [1.807, 2.05) is 0 Å². The maximum Gasteiger partial charge on any atom is 0.322 e. The first-order valence-electron chi connectivity index (χ1n) is 32.8. The Labute approximate surface area is 613 Å². The Morgan fingerprint density at radius 3 is 1.32 bits per heavy atom. The van der Waals surface area contributed by atoms with E-state index in [1.165, 1.54) is 6.92 Å². The smallest absolute Gasteiger partial charge is 0.322 e. The molecule has 3 aromatic carbocycles. The van der Waals surface area contributed by atoms with Crippen molar-refractivity contribution in [3.05, 3.63) is 108 Å². The lowest BCUT2D eigenvalue weighted by Gasteiger charge is -2.29. The van der Waals surface area contributed by atoms with Gasteiger partial charge in [0.15, 0.2) is 23.8 Å². The Morgan fingerprint density at radius 2 is 0.835 bits per heavy atom. The molecule has 4 aromatic rings. The molecule has 0 aliphatic carbocycles. The van der Waals surface area contributed by atoms with Gasteiger partial charge in [0.2, 0.25) is 59.1 Å². The molecule has 0 spiro atoms. The Bertz CT molecular complexity index is 3560. The Hall–Kier alpha value is -10.4. The first-order chi connectivity index (χ1) is 49.0. The Balaban J connectivity index is 1.69. The SMILES string of the molecule is C[C@@H](NC(=O)[C@H](CS)NC(=O)[C@@H](N)CCCNC(=N)N)C(=O)N[C@@H](CCCNC(=N)N)C(=O)N[C@H](Cc1ccccc1)C(=O)N[C@@H](CC(Br)CNC(=N)N)C(=O)N[C@H](Cc1c[nH]c2ccccc12)C(=O)N[C@@H](CS)C(=O)N[C@@H](CCCNC(=N)N)C(=O)N[C@@H](Cc1ccccc1)C(=O)NCC(=O)O. The second kappa shape index (κ2) is 44.8. The number of amides is 10. The molecule has 39 heteroatoms. The van der Waals surface area contributed by atoms with Gasteiger partial charge in [0.25, 0.3) is 0 Å². The number of para-hydroxylation sites is 1. The number of nitrogens with two attached hydrogens (primary N) is 5. The van der Waals surface area contributed by atoms with Gasteiger partial charge in [-0.15, -0.1) is 0 Å². The summed E-state index contributed by atoms with van der Waals surface area (Å²) in [5, 5.41) is 76.8. The number of aliphatic carboxylic acids is 1. The van der Waals surface area contributed by atoms with Crippen LogP contribution in [0.2, 0.25) is 0 Å². The van der Waals surface area contributed by atoms with Crippen molar-refractivity contribution in [2.24, 2.45) is 28.7 Å². The fourth-order valence-corrected chi connectivity index (χ4v) is 11.2. The molecule has 1 aromatic heterocycles. The van der Waals surface area contributed by atoms with Crippen molar-refractivity contribution in [2.75, 3.05) is 44.2 Å². The van der Waals surface area contributed by atoms with Crippen LogP contribution in [0.3, 0.4) is 0 Å². The fourth-order valence-electron chi connectivity index (χ4n) is 10.2. The quantitative estimate of drug-likeness (QED) is 0.00651. The third-order valence-electron chi connectivity index (χ3n) is 15.6. The highest BCUT2D eigenvalue weighted by molar-refractivity contribution is 9.09. The largest absolute Gasteiger partial charge is 0.480 e. The predicted molar refractivity (Wildman–Crippen MR) is 396 cm³/mol. The molecule has 0 radical (unpaired) electrons. The van der Waals surface area contributed by atoms with E-state index in [1.54, 1.807) is 91.1 Å². The maximum atomic E-state index is 15.2. The minimum atomic E-state index is -1.59. The Morgan fingerprint density at radius 1 is 0.456 bits per heavy atom. The van der Waals surface area contributed by atoms with E-state index < -0.39 is 149 Å². The number of hydrogen-bond acceptors (Lipinski definition) is 18. The van der Waals surface area contributed by atoms with Crippen molar-refractivity contribution in [2.45, 2.75) is 136 Å². The van der Waals surface area contributed by atoms with E-state index in [0.717, 1.165) is 0 Å². The molecular weight excluding hydrogens is 1440 g/mol. The maximum absolute atomic E-state index is 15.2. The van der Waals surface area contributed by atoms with E-state index in [0.29, 0.717) is 34.0 Å². The lowest BCUT2D eigenvalue weighted by Crippen LogP contribution is -2.61. The van der Waals surface area contributed by atoms with Gasteiger partial charge in [0, 0.05) is 78.9 Å². The van der Waals surface area contributed by atoms with Crippen LogP contribution in [-0.4, -0.2) is 208 Å². The monoisotopic (exact) mass is 1530 g/mol. The summed E-state index contributed by atoms with van der Waals surface area (Å²) >= 11 is 12.1. The molecule has 562 valence electrons. The number of thiol groups is 2. The number of aromatic nitrogens is 1. The molecule has 0 fully saturated rings. The summed E-state index contributed by atoms with van der Waals surface area (Å²) in [6, 6.07) is 9.85. The number of nitrogens with one attached hydrogen (secondary N) is 19. The molecule has 1 heterocycles. The van der Waals surface area contributed by atoms with Crippen molar-refractivity contribution in [1.82, 2.24) is 79.4 Å². The number of benzene rings is 3. The number of hydrogen-bond donors (Lipinski definition) is 27. The highest BCUT2D eigenvalue weighted by Gasteiger charge is 2.36. The van der Waals surface area contributed by atoms with Crippen LogP contribution in [0.5, 0.6) is 0 Å².